The minimum atomic E-state index is -0.158. The van der Waals surface area contributed by atoms with Crippen molar-refractivity contribution in [2.24, 2.45) is 0 Å². The molecule has 3 aromatic rings. The van der Waals surface area contributed by atoms with Crippen molar-refractivity contribution in [1.29, 1.82) is 0 Å². The highest BCUT2D eigenvalue weighted by molar-refractivity contribution is 6.30. The first-order valence-electron chi connectivity index (χ1n) is 7.63. The lowest BCUT2D eigenvalue weighted by Gasteiger charge is -2.07. The third-order valence-corrected chi connectivity index (χ3v) is 3.89. The molecule has 0 radical (unpaired) electrons. The molecule has 0 aliphatic heterocycles. The smallest absolute Gasteiger partial charge is 0.274 e. The average molecular weight is 328 g/mol. The molecule has 0 fully saturated rings. The molecule has 3 rings (SSSR count). The summed E-state index contributed by atoms with van der Waals surface area (Å²) in [7, 11) is 0. The Hall–Kier alpha value is -2.33. The maximum absolute atomic E-state index is 12.8. The summed E-state index contributed by atoms with van der Waals surface area (Å²) < 4.78 is 1.87. The molecule has 23 heavy (non-hydrogen) atoms. The van der Waals surface area contributed by atoms with Gasteiger partial charge in [0, 0.05) is 16.9 Å². The number of carbonyl (C=O) groups is 1. The minimum Gasteiger partial charge on any atom is -0.321 e. The number of rotatable bonds is 4. The van der Waals surface area contributed by atoms with Crippen LogP contribution in [-0.2, 0) is 6.42 Å². The Morgan fingerprint density at radius 1 is 1.22 bits per heavy atom. The van der Waals surface area contributed by atoms with E-state index in [-0.39, 0.29) is 5.91 Å². The number of hydrogen-bond acceptors (Lipinski definition) is 2. The average Bonchev–Trinajstić information content (AvgIpc) is 2.87. The van der Waals surface area contributed by atoms with Crippen LogP contribution in [0.25, 0.3) is 5.65 Å². The molecule has 1 amide bonds. The number of carbonyl (C=O) groups excluding carboxylic acids is 1. The van der Waals surface area contributed by atoms with Crippen molar-refractivity contribution in [1.82, 2.24) is 9.38 Å². The maximum atomic E-state index is 12.8. The van der Waals surface area contributed by atoms with E-state index in [9.17, 15) is 4.79 Å². The molecule has 0 saturated heterocycles. The number of anilines is 1. The van der Waals surface area contributed by atoms with Crippen LogP contribution in [0.2, 0.25) is 5.02 Å². The maximum Gasteiger partial charge on any atom is 0.274 e. The molecule has 5 heteroatoms. The van der Waals surface area contributed by atoms with Crippen LogP contribution in [0, 0.1) is 6.92 Å². The van der Waals surface area contributed by atoms with Crippen molar-refractivity contribution in [3.05, 3.63) is 64.6 Å². The third kappa shape index (κ3) is 3.22. The SMILES string of the molecule is CCCc1nc2ccc(C)cn2c1C(=O)Nc1ccc(Cl)cc1. The lowest BCUT2D eigenvalue weighted by atomic mass is 10.2. The Kier molecular flexibility index (Phi) is 4.35. The Morgan fingerprint density at radius 2 is 1.96 bits per heavy atom. The number of halogens is 1. The number of imidazole rings is 1. The summed E-state index contributed by atoms with van der Waals surface area (Å²) in [5.74, 6) is -0.158. The topological polar surface area (TPSA) is 46.4 Å². The van der Waals surface area contributed by atoms with Crippen LogP contribution in [-0.4, -0.2) is 15.3 Å². The zero-order valence-electron chi connectivity index (χ0n) is 13.1. The van der Waals surface area contributed by atoms with Crippen molar-refractivity contribution in [3.63, 3.8) is 0 Å². The molecule has 0 aliphatic rings. The van der Waals surface area contributed by atoms with Gasteiger partial charge in [-0.1, -0.05) is 31.0 Å². The molecule has 1 aromatic carbocycles. The van der Waals surface area contributed by atoms with Crippen LogP contribution in [0.15, 0.2) is 42.6 Å². The molecule has 0 unspecified atom stereocenters. The van der Waals surface area contributed by atoms with Crippen LogP contribution in [0.1, 0.15) is 35.1 Å². The normalized spacial score (nSPS) is 10.9. The van der Waals surface area contributed by atoms with E-state index >= 15 is 0 Å². The number of nitrogens with zero attached hydrogens (tertiary/aromatic N) is 2. The standard InChI is InChI=1S/C18H18ClN3O/c1-3-4-15-17(22-11-12(2)5-10-16(22)21-15)18(23)20-14-8-6-13(19)7-9-14/h5-11H,3-4H2,1-2H3,(H,20,23). The van der Waals surface area contributed by atoms with Crippen molar-refractivity contribution in [2.45, 2.75) is 26.7 Å². The van der Waals surface area contributed by atoms with Gasteiger partial charge in [0.1, 0.15) is 11.3 Å². The van der Waals surface area contributed by atoms with Gasteiger partial charge in [-0.15, -0.1) is 0 Å². The molecule has 0 atom stereocenters. The van der Waals surface area contributed by atoms with E-state index in [1.807, 2.05) is 29.7 Å². The molecule has 0 spiro atoms. The van der Waals surface area contributed by atoms with Crippen molar-refractivity contribution < 1.29 is 4.79 Å². The predicted molar refractivity (Wildman–Crippen MR) is 93.3 cm³/mol. The van der Waals surface area contributed by atoms with Gasteiger partial charge in [-0.2, -0.15) is 0 Å². The lowest BCUT2D eigenvalue weighted by Crippen LogP contribution is -2.16. The Balaban J connectivity index is 2.02. The Morgan fingerprint density at radius 3 is 2.65 bits per heavy atom. The van der Waals surface area contributed by atoms with Crippen LogP contribution in [0.3, 0.4) is 0 Å². The van der Waals surface area contributed by atoms with E-state index in [1.54, 1.807) is 24.3 Å². The zero-order chi connectivity index (χ0) is 16.4. The molecular weight excluding hydrogens is 310 g/mol. The van der Waals surface area contributed by atoms with Crippen molar-refractivity contribution in [2.75, 3.05) is 5.32 Å². The van der Waals surface area contributed by atoms with Gasteiger partial charge in [-0.3, -0.25) is 9.20 Å². The second kappa shape index (κ2) is 6.42. The fourth-order valence-corrected chi connectivity index (χ4v) is 2.70. The second-order valence-corrected chi connectivity index (χ2v) is 5.99. The first kappa shape index (κ1) is 15.6. The van der Waals surface area contributed by atoms with E-state index in [0.29, 0.717) is 16.4 Å². The van der Waals surface area contributed by atoms with E-state index in [2.05, 4.69) is 17.2 Å². The number of pyridine rings is 1. The van der Waals surface area contributed by atoms with Crippen LogP contribution < -0.4 is 5.32 Å². The number of amides is 1. The van der Waals surface area contributed by atoms with E-state index < -0.39 is 0 Å². The number of fused-ring (bicyclic) bond motifs is 1. The lowest BCUT2D eigenvalue weighted by molar-refractivity contribution is 0.102. The first-order valence-corrected chi connectivity index (χ1v) is 8.01. The van der Waals surface area contributed by atoms with Gasteiger partial charge in [0.2, 0.25) is 0 Å². The Bertz CT molecular complexity index is 853. The van der Waals surface area contributed by atoms with Gasteiger partial charge in [0.05, 0.1) is 5.69 Å². The number of aromatic nitrogens is 2. The summed E-state index contributed by atoms with van der Waals surface area (Å²) in [6, 6.07) is 11.0. The molecular formula is C18H18ClN3O. The van der Waals surface area contributed by atoms with Crippen LogP contribution in [0.4, 0.5) is 5.69 Å². The van der Waals surface area contributed by atoms with Gasteiger partial charge in [0.15, 0.2) is 0 Å². The summed E-state index contributed by atoms with van der Waals surface area (Å²) >= 11 is 5.88. The summed E-state index contributed by atoms with van der Waals surface area (Å²) in [4.78, 5) is 17.4. The van der Waals surface area contributed by atoms with Crippen molar-refractivity contribution >= 4 is 28.8 Å². The predicted octanol–water partition coefficient (Wildman–Crippen LogP) is 4.50. The molecule has 4 nitrogen and oxygen atoms in total. The monoisotopic (exact) mass is 327 g/mol. The quantitative estimate of drug-likeness (QED) is 0.766. The number of benzene rings is 1. The first-order chi connectivity index (χ1) is 11.1. The summed E-state index contributed by atoms with van der Waals surface area (Å²) in [5, 5.41) is 3.56. The molecule has 1 N–H and O–H groups in total. The number of nitrogens with one attached hydrogen (secondary N) is 1. The fourth-order valence-electron chi connectivity index (χ4n) is 2.57. The van der Waals surface area contributed by atoms with E-state index in [4.69, 9.17) is 11.6 Å². The van der Waals surface area contributed by atoms with Crippen molar-refractivity contribution in [3.8, 4) is 0 Å². The summed E-state index contributed by atoms with van der Waals surface area (Å²) in [6.45, 7) is 4.08. The summed E-state index contributed by atoms with van der Waals surface area (Å²) in [6.07, 6.45) is 3.65. The Labute approximate surface area is 140 Å². The van der Waals surface area contributed by atoms with Crippen LogP contribution in [0.5, 0.6) is 0 Å². The minimum absolute atomic E-state index is 0.158. The fraction of sp³-hybridized carbons (Fsp3) is 0.222. The van der Waals surface area contributed by atoms with Gasteiger partial charge in [-0.25, -0.2) is 4.98 Å². The van der Waals surface area contributed by atoms with E-state index in [1.165, 1.54) is 0 Å². The third-order valence-electron chi connectivity index (χ3n) is 3.64. The zero-order valence-corrected chi connectivity index (χ0v) is 13.9. The van der Waals surface area contributed by atoms with Crippen LogP contribution >= 0.6 is 11.6 Å². The van der Waals surface area contributed by atoms with Gasteiger partial charge in [-0.05, 0) is 49.2 Å². The molecule has 2 heterocycles. The molecule has 118 valence electrons. The second-order valence-electron chi connectivity index (χ2n) is 5.55. The highest BCUT2D eigenvalue weighted by Gasteiger charge is 2.19. The number of aryl methyl sites for hydroxylation is 2. The molecule has 0 bridgehead atoms. The highest BCUT2D eigenvalue weighted by Crippen LogP contribution is 2.19. The summed E-state index contributed by atoms with van der Waals surface area (Å²) in [5.41, 5.74) is 4.01. The van der Waals surface area contributed by atoms with Gasteiger partial charge < -0.3 is 5.32 Å². The van der Waals surface area contributed by atoms with Gasteiger partial charge >= 0.3 is 0 Å². The largest absolute Gasteiger partial charge is 0.321 e. The van der Waals surface area contributed by atoms with E-state index in [0.717, 1.165) is 29.7 Å². The molecule has 0 saturated carbocycles. The molecule has 2 aromatic heterocycles. The highest BCUT2D eigenvalue weighted by atomic mass is 35.5. The van der Waals surface area contributed by atoms with Gasteiger partial charge in [0.25, 0.3) is 5.91 Å². The number of hydrogen-bond donors (Lipinski definition) is 1. The molecule has 0 aliphatic carbocycles.